The Morgan fingerprint density at radius 3 is 2.65 bits per heavy atom. The minimum atomic E-state index is -0.260. The van der Waals surface area contributed by atoms with Gasteiger partial charge in [0.1, 0.15) is 12.4 Å². The van der Waals surface area contributed by atoms with Gasteiger partial charge in [0.25, 0.3) is 0 Å². The average molecular weight is 295 g/mol. The quantitative estimate of drug-likeness (QED) is 0.812. The van der Waals surface area contributed by atoms with Crippen LogP contribution in [0, 0.1) is 0 Å². The van der Waals surface area contributed by atoms with Gasteiger partial charge in [-0.1, -0.05) is 28.1 Å². The Morgan fingerprint density at radius 2 is 2.00 bits per heavy atom. The van der Waals surface area contributed by atoms with Crippen molar-refractivity contribution < 1.29 is 13.9 Å². The SMILES string of the molecule is O=C(Cc1ccc(Br)cc1)OCc1ccco1. The molecule has 1 aromatic heterocycles. The zero-order valence-electron chi connectivity index (χ0n) is 9.06. The molecule has 1 heterocycles. The van der Waals surface area contributed by atoms with Crippen LogP contribution >= 0.6 is 15.9 Å². The van der Waals surface area contributed by atoms with Crippen molar-refractivity contribution in [2.45, 2.75) is 13.0 Å². The van der Waals surface area contributed by atoms with Gasteiger partial charge < -0.3 is 9.15 Å². The van der Waals surface area contributed by atoms with Crippen LogP contribution in [0.2, 0.25) is 0 Å². The van der Waals surface area contributed by atoms with Gasteiger partial charge in [0.05, 0.1) is 12.7 Å². The lowest BCUT2D eigenvalue weighted by Gasteiger charge is -2.03. The highest BCUT2D eigenvalue weighted by molar-refractivity contribution is 9.10. The topological polar surface area (TPSA) is 39.4 Å². The molecule has 3 nitrogen and oxygen atoms in total. The first-order valence-corrected chi connectivity index (χ1v) is 5.96. The largest absolute Gasteiger partial charge is 0.466 e. The maximum atomic E-state index is 11.5. The van der Waals surface area contributed by atoms with Crippen LogP contribution in [0.25, 0.3) is 0 Å². The van der Waals surface area contributed by atoms with E-state index in [2.05, 4.69) is 15.9 Å². The molecule has 0 aliphatic rings. The van der Waals surface area contributed by atoms with Crippen LogP contribution in [0.4, 0.5) is 0 Å². The van der Waals surface area contributed by atoms with Crippen molar-refractivity contribution in [2.75, 3.05) is 0 Å². The van der Waals surface area contributed by atoms with Crippen LogP contribution in [0.1, 0.15) is 11.3 Å². The third-order valence-corrected chi connectivity index (χ3v) is 2.75. The van der Waals surface area contributed by atoms with Crippen molar-refractivity contribution in [1.29, 1.82) is 0 Å². The van der Waals surface area contributed by atoms with Gasteiger partial charge in [-0.2, -0.15) is 0 Å². The summed E-state index contributed by atoms with van der Waals surface area (Å²) in [6, 6.07) is 11.1. The van der Waals surface area contributed by atoms with Gasteiger partial charge in [-0.05, 0) is 29.8 Å². The molecule has 17 heavy (non-hydrogen) atoms. The number of halogens is 1. The number of esters is 1. The lowest BCUT2D eigenvalue weighted by molar-refractivity contribution is -0.144. The van der Waals surface area contributed by atoms with E-state index in [-0.39, 0.29) is 19.0 Å². The summed E-state index contributed by atoms with van der Waals surface area (Å²) in [4.78, 5) is 11.5. The zero-order valence-corrected chi connectivity index (χ0v) is 10.6. The molecule has 0 atom stereocenters. The van der Waals surface area contributed by atoms with Crippen LogP contribution in [-0.4, -0.2) is 5.97 Å². The van der Waals surface area contributed by atoms with E-state index < -0.39 is 0 Å². The molecule has 0 N–H and O–H groups in total. The van der Waals surface area contributed by atoms with E-state index in [1.807, 2.05) is 24.3 Å². The number of hydrogen-bond donors (Lipinski definition) is 0. The normalized spacial score (nSPS) is 10.2. The van der Waals surface area contributed by atoms with Crippen molar-refractivity contribution in [3.05, 3.63) is 58.5 Å². The van der Waals surface area contributed by atoms with Gasteiger partial charge in [-0.15, -0.1) is 0 Å². The second-order valence-corrected chi connectivity index (χ2v) is 4.46. The summed E-state index contributed by atoms with van der Waals surface area (Å²) in [6.07, 6.45) is 1.83. The van der Waals surface area contributed by atoms with Gasteiger partial charge in [0.15, 0.2) is 0 Å². The van der Waals surface area contributed by atoms with E-state index in [4.69, 9.17) is 9.15 Å². The fraction of sp³-hybridized carbons (Fsp3) is 0.154. The molecule has 0 fully saturated rings. The molecule has 1 aromatic carbocycles. The number of rotatable bonds is 4. The Hall–Kier alpha value is -1.55. The Bertz CT molecular complexity index is 474. The predicted molar refractivity (Wildman–Crippen MR) is 66.4 cm³/mol. The zero-order chi connectivity index (χ0) is 12.1. The number of hydrogen-bond acceptors (Lipinski definition) is 3. The molecule has 0 aliphatic carbocycles. The number of carbonyl (C=O) groups excluding carboxylic acids is 1. The van der Waals surface area contributed by atoms with Crippen LogP contribution in [0.5, 0.6) is 0 Å². The standard InChI is InChI=1S/C13H11BrO3/c14-11-5-3-10(4-6-11)8-13(15)17-9-12-2-1-7-16-12/h1-7H,8-9H2. The second kappa shape index (κ2) is 5.68. The minimum Gasteiger partial charge on any atom is -0.466 e. The number of ether oxygens (including phenoxy) is 1. The molecule has 88 valence electrons. The van der Waals surface area contributed by atoms with E-state index in [1.54, 1.807) is 18.4 Å². The lowest BCUT2D eigenvalue weighted by Crippen LogP contribution is -2.07. The Kier molecular flexibility index (Phi) is 3.98. The van der Waals surface area contributed by atoms with Gasteiger partial charge in [0.2, 0.25) is 0 Å². The summed E-state index contributed by atoms with van der Waals surface area (Å²) in [7, 11) is 0. The van der Waals surface area contributed by atoms with E-state index in [0.717, 1.165) is 10.0 Å². The van der Waals surface area contributed by atoms with E-state index in [0.29, 0.717) is 5.76 Å². The Labute approximate surface area is 108 Å². The molecular weight excluding hydrogens is 284 g/mol. The molecular formula is C13H11BrO3. The first-order valence-electron chi connectivity index (χ1n) is 5.16. The highest BCUT2D eigenvalue weighted by atomic mass is 79.9. The summed E-state index contributed by atoms with van der Waals surface area (Å²) in [5, 5.41) is 0. The molecule has 0 amide bonds. The number of benzene rings is 1. The molecule has 0 spiro atoms. The molecule has 0 saturated carbocycles. The predicted octanol–water partition coefficient (Wildman–Crippen LogP) is 3.33. The first-order chi connectivity index (χ1) is 8.24. The van der Waals surface area contributed by atoms with Gasteiger partial charge >= 0.3 is 5.97 Å². The minimum absolute atomic E-state index is 0.183. The monoisotopic (exact) mass is 294 g/mol. The van der Waals surface area contributed by atoms with E-state index in [9.17, 15) is 4.79 Å². The molecule has 2 rings (SSSR count). The number of carbonyl (C=O) groups is 1. The Morgan fingerprint density at radius 1 is 1.24 bits per heavy atom. The maximum Gasteiger partial charge on any atom is 0.310 e. The van der Waals surface area contributed by atoms with Crippen molar-refractivity contribution in [3.63, 3.8) is 0 Å². The second-order valence-electron chi connectivity index (χ2n) is 3.54. The first kappa shape index (κ1) is 11.9. The fourth-order valence-electron chi connectivity index (χ4n) is 1.37. The summed E-state index contributed by atoms with van der Waals surface area (Å²) in [6.45, 7) is 0.183. The van der Waals surface area contributed by atoms with E-state index in [1.165, 1.54) is 0 Å². The maximum absolute atomic E-state index is 11.5. The van der Waals surface area contributed by atoms with Crippen LogP contribution in [-0.2, 0) is 22.6 Å². The summed E-state index contributed by atoms with van der Waals surface area (Å²) >= 11 is 3.34. The van der Waals surface area contributed by atoms with Crippen LogP contribution in [0.15, 0.2) is 51.6 Å². The molecule has 2 aromatic rings. The fourth-order valence-corrected chi connectivity index (χ4v) is 1.63. The molecule has 0 saturated heterocycles. The third kappa shape index (κ3) is 3.75. The summed E-state index contributed by atoms with van der Waals surface area (Å²) in [5.41, 5.74) is 0.928. The molecule has 0 radical (unpaired) electrons. The summed E-state index contributed by atoms with van der Waals surface area (Å²) < 4.78 is 11.1. The van der Waals surface area contributed by atoms with Crippen molar-refractivity contribution in [3.8, 4) is 0 Å². The van der Waals surface area contributed by atoms with Crippen molar-refractivity contribution in [1.82, 2.24) is 0 Å². The number of furan rings is 1. The third-order valence-electron chi connectivity index (χ3n) is 2.22. The molecule has 4 heteroatoms. The molecule has 0 bridgehead atoms. The summed E-state index contributed by atoms with van der Waals surface area (Å²) in [5.74, 6) is 0.387. The van der Waals surface area contributed by atoms with Crippen LogP contribution < -0.4 is 0 Å². The van der Waals surface area contributed by atoms with Gasteiger partial charge in [0, 0.05) is 4.47 Å². The van der Waals surface area contributed by atoms with Crippen LogP contribution in [0.3, 0.4) is 0 Å². The highest BCUT2D eigenvalue weighted by Gasteiger charge is 2.06. The highest BCUT2D eigenvalue weighted by Crippen LogP contribution is 2.11. The molecule has 0 unspecified atom stereocenters. The van der Waals surface area contributed by atoms with E-state index >= 15 is 0 Å². The van der Waals surface area contributed by atoms with Gasteiger partial charge in [-0.3, -0.25) is 4.79 Å². The smallest absolute Gasteiger partial charge is 0.310 e. The lowest BCUT2D eigenvalue weighted by atomic mass is 10.2. The average Bonchev–Trinajstić information content (AvgIpc) is 2.83. The van der Waals surface area contributed by atoms with Crippen molar-refractivity contribution in [2.24, 2.45) is 0 Å². The van der Waals surface area contributed by atoms with Gasteiger partial charge in [-0.25, -0.2) is 0 Å². The molecule has 0 aliphatic heterocycles. The Balaban J connectivity index is 1.83. The van der Waals surface area contributed by atoms with Crippen molar-refractivity contribution >= 4 is 21.9 Å².